The molecule has 100 valence electrons. The van der Waals surface area contributed by atoms with E-state index < -0.39 is 11.9 Å². The highest BCUT2D eigenvalue weighted by Gasteiger charge is 2.20. The Kier molecular flexibility index (Phi) is 3.62. The molecule has 1 unspecified atom stereocenters. The average molecular weight is 277 g/mol. The lowest BCUT2D eigenvalue weighted by atomic mass is 10.1. The van der Waals surface area contributed by atoms with Gasteiger partial charge in [0.05, 0.1) is 6.20 Å². The van der Waals surface area contributed by atoms with Crippen molar-refractivity contribution in [1.82, 2.24) is 4.98 Å². The summed E-state index contributed by atoms with van der Waals surface area (Å²) in [5.41, 5.74) is 1.65. The molecule has 0 radical (unpaired) electrons. The van der Waals surface area contributed by atoms with Crippen molar-refractivity contribution in [3.05, 3.63) is 51.2 Å². The fraction of sp³-hybridized carbons (Fsp3) is 0.400. The Balaban J connectivity index is 1.92. The third-order valence-corrected chi connectivity index (χ3v) is 4.92. The Morgan fingerprint density at radius 1 is 1.26 bits per heavy atom. The molecular formula is C15H16FNOS. The molecule has 1 atom stereocenters. The molecule has 0 aromatic carbocycles. The van der Waals surface area contributed by atoms with Gasteiger partial charge in [0.2, 0.25) is 0 Å². The van der Waals surface area contributed by atoms with Crippen LogP contribution in [0.1, 0.15) is 46.2 Å². The molecule has 0 bridgehead atoms. The molecule has 2 aromatic heterocycles. The van der Waals surface area contributed by atoms with Crippen molar-refractivity contribution in [2.45, 2.75) is 38.2 Å². The number of hydrogen-bond acceptors (Lipinski definition) is 3. The van der Waals surface area contributed by atoms with E-state index in [0.29, 0.717) is 5.56 Å². The average Bonchev–Trinajstić information content (AvgIpc) is 2.70. The first-order valence-corrected chi connectivity index (χ1v) is 7.46. The largest absolute Gasteiger partial charge is 0.383 e. The van der Waals surface area contributed by atoms with Crippen LogP contribution in [-0.2, 0) is 12.8 Å². The normalized spacial score (nSPS) is 16.7. The summed E-state index contributed by atoms with van der Waals surface area (Å²) in [6.45, 7) is 0. The second-order valence-corrected chi connectivity index (χ2v) is 6.13. The second kappa shape index (κ2) is 5.39. The van der Waals surface area contributed by atoms with Crippen LogP contribution in [0.2, 0.25) is 0 Å². The van der Waals surface area contributed by atoms with E-state index in [-0.39, 0.29) is 0 Å². The number of rotatable bonds is 2. The molecule has 2 heterocycles. The fourth-order valence-corrected chi connectivity index (χ4v) is 3.85. The summed E-state index contributed by atoms with van der Waals surface area (Å²) in [5, 5.41) is 10.3. The Morgan fingerprint density at radius 2 is 2.11 bits per heavy atom. The number of thiophene rings is 1. The minimum absolute atomic E-state index is 0.311. The molecule has 1 N–H and O–H groups in total. The highest BCUT2D eigenvalue weighted by atomic mass is 32.1. The van der Waals surface area contributed by atoms with Crippen LogP contribution in [0.25, 0.3) is 0 Å². The predicted molar refractivity (Wildman–Crippen MR) is 73.8 cm³/mol. The van der Waals surface area contributed by atoms with E-state index in [0.717, 1.165) is 23.9 Å². The summed E-state index contributed by atoms with van der Waals surface area (Å²) < 4.78 is 13.7. The van der Waals surface area contributed by atoms with E-state index in [1.807, 2.05) is 0 Å². The van der Waals surface area contributed by atoms with Crippen LogP contribution in [0.15, 0.2) is 24.5 Å². The Bertz CT molecular complexity index is 558. The van der Waals surface area contributed by atoms with Gasteiger partial charge in [0, 0.05) is 21.5 Å². The first-order valence-electron chi connectivity index (χ1n) is 6.64. The van der Waals surface area contributed by atoms with E-state index in [9.17, 15) is 9.50 Å². The number of hydrogen-bond donors (Lipinski definition) is 1. The molecule has 0 aliphatic heterocycles. The quantitative estimate of drug-likeness (QED) is 0.850. The van der Waals surface area contributed by atoms with Crippen molar-refractivity contribution < 1.29 is 9.50 Å². The summed E-state index contributed by atoms with van der Waals surface area (Å²) in [6, 6.07) is 3.60. The smallest absolute Gasteiger partial charge is 0.147 e. The maximum atomic E-state index is 13.7. The van der Waals surface area contributed by atoms with Gasteiger partial charge in [-0.05, 0) is 43.4 Å². The number of aryl methyl sites for hydroxylation is 2. The maximum absolute atomic E-state index is 13.7. The molecular weight excluding hydrogens is 261 g/mol. The summed E-state index contributed by atoms with van der Waals surface area (Å²) >= 11 is 1.62. The molecule has 4 heteroatoms. The minimum Gasteiger partial charge on any atom is -0.383 e. The molecule has 2 nitrogen and oxygen atoms in total. The van der Waals surface area contributed by atoms with Crippen LogP contribution in [0.5, 0.6) is 0 Å². The molecule has 19 heavy (non-hydrogen) atoms. The molecule has 0 saturated heterocycles. The summed E-state index contributed by atoms with van der Waals surface area (Å²) in [5.74, 6) is -0.446. The summed E-state index contributed by atoms with van der Waals surface area (Å²) in [4.78, 5) is 5.92. The molecule has 2 aromatic rings. The lowest BCUT2D eigenvalue weighted by Gasteiger charge is -2.09. The Labute approximate surface area is 115 Å². The summed E-state index contributed by atoms with van der Waals surface area (Å²) in [7, 11) is 0. The highest BCUT2D eigenvalue weighted by molar-refractivity contribution is 7.12. The van der Waals surface area contributed by atoms with Crippen LogP contribution in [0.4, 0.5) is 4.39 Å². The van der Waals surface area contributed by atoms with Gasteiger partial charge >= 0.3 is 0 Å². The molecule has 1 aliphatic rings. The van der Waals surface area contributed by atoms with Gasteiger partial charge in [-0.1, -0.05) is 6.42 Å². The van der Waals surface area contributed by atoms with Gasteiger partial charge < -0.3 is 5.11 Å². The topological polar surface area (TPSA) is 33.1 Å². The minimum atomic E-state index is -0.875. The SMILES string of the molecule is OC(c1cc2c(s1)CCCCC2)c1ccncc1F. The zero-order chi connectivity index (χ0) is 13.2. The van der Waals surface area contributed by atoms with E-state index in [1.165, 1.54) is 35.9 Å². The Morgan fingerprint density at radius 3 is 2.95 bits per heavy atom. The number of fused-ring (bicyclic) bond motifs is 1. The maximum Gasteiger partial charge on any atom is 0.147 e. The van der Waals surface area contributed by atoms with E-state index in [2.05, 4.69) is 11.1 Å². The monoisotopic (exact) mass is 277 g/mol. The van der Waals surface area contributed by atoms with Crippen LogP contribution in [-0.4, -0.2) is 10.1 Å². The zero-order valence-corrected chi connectivity index (χ0v) is 11.4. The molecule has 3 rings (SSSR count). The van der Waals surface area contributed by atoms with Gasteiger partial charge in [0.25, 0.3) is 0 Å². The third-order valence-electron chi connectivity index (χ3n) is 3.63. The molecule has 0 saturated carbocycles. The summed E-state index contributed by atoms with van der Waals surface area (Å²) in [6.07, 6.45) is 7.66. The van der Waals surface area contributed by atoms with E-state index in [4.69, 9.17) is 0 Å². The van der Waals surface area contributed by atoms with E-state index in [1.54, 1.807) is 17.4 Å². The lowest BCUT2D eigenvalue weighted by molar-refractivity contribution is 0.218. The van der Waals surface area contributed by atoms with Gasteiger partial charge in [-0.25, -0.2) is 4.39 Å². The lowest BCUT2D eigenvalue weighted by Crippen LogP contribution is -2.00. The molecule has 0 amide bonds. The number of pyridine rings is 1. The van der Waals surface area contributed by atoms with Crippen molar-refractivity contribution >= 4 is 11.3 Å². The predicted octanol–water partition coefficient (Wildman–Crippen LogP) is 3.63. The first kappa shape index (κ1) is 12.8. The molecule has 0 spiro atoms. The number of aliphatic hydroxyl groups is 1. The standard InChI is InChI=1S/C15H16FNOS/c16-12-9-17-7-6-11(12)15(18)14-8-10-4-2-1-3-5-13(10)19-14/h6-9,15,18H,1-5H2. The van der Waals surface area contributed by atoms with Gasteiger partial charge in [-0.15, -0.1) is 11.3 Å². The number of nitrogens with zero attached hydrogens (tertiary/aromatic N) is 1. The van der Waals surface area contributed by atoms with Crippen LogP contribution in [0.3, 0.4) is 0 Å². The highest BCUT2D eigenvalue weighted by Crippen LogP contribution is 2.35. The van der Waals surface area contributed by atoms with Crippen LogP contribution >= 0.6 is 11.3 Å². The van der Waals surface area contributed by atoms with Gasteiger partial charge in [-0.2, -0.15) is 0 Å². The molecule has 0 fully saturated rings. The van der Waals surface area contributed by atoms with Gasteiger partial charge in [0.15, 0.2) is 0 Å². The first-order chi connectivity index (χ1) is 9.25. The van der Waals surface area contributed by atoms with Crippen molar-refractivity contribution in [3.63, 3.8) is 0 Å². The number of aromatic nitrogens is 1. The van der Waals surface area contributed by atoms with Crippen molar-refractivity contribution in [2.24, 2.45) is 0 Å². The zero-order valence-electron chi connectivity index (χ0n) is 10.6. The van der Waals surface area contributed by atoms with Crippen LogP contribution < -0.4 is 0 Å². The van der Waals surface area contributed by atoms with Gasteiger partial charge in [-0.3, -0.25) is 4.98 Å². The van der Waals surface area contributed by atoms with E-state index >= 15 is 0 Å². The van der Waals surface area contributed by atoms with Crippen LogP contribution in [0, 0.1) is 5.82 Å². The van der Waals surface area contributed by atoms with Gasteiger partial charge in [0.1, 0.15) is 11.9 Å². The van der Waals surface area contributed by atoms with Crippen molar-refractivity contribution in [2.75, 3.05) is 0 Å². The van der Waals surface area contributed by atoms with Crippen molar-refractivity contribution in [3.8, 4) is 0 Å². The number of aliphatic hydroxyl groups excluding tert-OH is 1. The second-order valence-electron chi connectivity index (χ2n) is 4.96. The third kappa shape index (κ3) is 2.55. The van der Waals surface area contributed by atoms with Crippen molar-refractivity contribution in [1.29, 1.82) is 0 Å². The molecule has 1 aliphatic carbocycles. The fourth-order valence-electron chi connectivity index (χ4n) is 2.59. The number of halogens is 1. The Hall–Kier alpha value is -1.26.